The summed E-state index contributed by atoms with van der Waals surface area (Å²) in [6.07, 6.45) is 2.86. The summed E-state index contributed by atoms with van der Waals surface area (Å²) in [5, 5.41) is 0. The van der Waals surface area contributed by atoms with Gasteiger partial charge in [0.2, 0.25) is 0 Å². The van der Waals surface area contributed by atoms with Crippen LogP contribution in [0.3, 0.4) is 0 Å². The van der Waals surface area contributed by atoms with Gasteiger partial charge in [-0.3, -0.25) is 0 Å². The van der Waals surface area contributed by atoms with Gasteiger partial charge in [0.05, 0.1) is 17.0 Å². The molecule has 5 rings (SSSR count). The van der Waals surface area contributed by atoms with E-state index in [1.807, 2.05) is 0 Å². The van der Waals surface area contributed by atoms with Gasteiger partial charge in [-0.15, -0.1) is 0 Å². The molecule has 3 aromatic carbocycles. The first-order chi connectivity index (χ1) is 21.9. The van der Waals surface area contributed by atoms with E-state index in [2.05, 4.69) is 31.2 Å². The van der Waals surface area contributed by atoms with E-state index >= 15 is 8.78 Å². The predicted octanol–water partition coefficient (Wildman–Crippen LogP) is 12.6. The van der Waals surface area contributed by atoms with Crippen molar-refractivity contribution in [2.24, 2.45) is 11.8 Å². The minimum absolute atomic E-state index is 0.133. The van der Waals surface area contributed by atoms with Crippen LogP contribution >= 0.6 is 0 Å². The molecule has 0 aromatic heterocycles. The lowest BCUT2D eigenvalue weighted by Gasteiger charge is -2.33. The minimum atomic E-state index is -4.99. The third-order valence-electron chi connectivity index (χ3n) is 9.98. The van der Waals surface area contributed by atoms with Crippen LogP contribution in [0.1, 0.15) is 112 Å². The van der Waals surface area contributed by atoms with Crippen LogP contribution in [0.15, 0.2) is 54.6 Å². The molecule has 1 nitrogen and oxygen atoms in total. The molecule has 2 aliphatic carbocycles. The molecule has 0 heterocycles. The first kappa shape index (κ1) is 34.2. The summed E-state index contributed by atoms with van der Waals surface area (Å²) in [6.45, 7) is 2.23. The molecule has 46 heavy (non-hydrogen) atoms. The Balaban J connectivity index is 1.16. The minimum Gasteiger partial charge on any atom is -0.432 e. The normalized spacial score (nSPS) is 22.5. The van der Waals surface area contributed by atoms with Gasteiger partial charge in [-0.1, -0.05) is 62.9 Å². The van der Waals surface area contributed by atoms with Crippen LogP contribution in [0.2, 0.25) is 0 Å². The Morgan fingerprint density at radius 1 is 0.652 bits per heavy atom. The highest BCUT2D eigenvalue weighted by molar-refractivity contribution is 5.66. The van der Waals surface area contributed by atoms with Crippen LogP contribution in [-0.2, 0) is 6.18 Å². The van der Waals surface area contributed by atoms with E-state index in [0.717, 1.165) is 17.5 Å². The number of halogens is 8. The number of benzene rings is 3. The summed E-state index contributed by atoms with van der Waals surface area (Å²) >= 11 is 0. The Morgan fingerprint density at radius 3 is 1.70 bits per heavy atom. The van der Waals surface area contributed by atoms with Crippen LogP contribution in [0.25, 0.3) is 11.1 Å². The highest BCUT2D eigenvalue weighted by Gasteiger charge is 2.44. The zero-order chi connectivity index (χ0) is 33.1. The summed E-state index contributed by atoms with van der Waals surface area (Å²) in [5.74, 6) is -4.81. The van der Waals surface area contributed by atoms with Crippen molar-refractivity contribution in [2.75, 3.05) is 0 Å². The van der Waals surface area contributed by atoms with Crippen LogP contribution in [0.5, 0.6) is 5.75 Å². The van der Waals surface area contributed by atoms with E-state index in [1.54, 1.807) is 0 Å². The van der Waals surface area contributed by atoms with Gasteiger partial charge < -0.3 is 4.74 Å². The summed E-state index contributed by atoms with van der Waals surface area (Å²) in [5.41, 5.74) is -0.466. The van der Waals surface area contributed by atoms with E-state index in [1.165, 1.54) is 56.9 Å². The van der Waals surface area contributed by atoms with Crippen molar-refractivity contribution in [3.8, 4) is 16.9 Å². The quantitative estimate of drug-likeness (QED) is 0.156. The molecule has 2 saturated carbocycles. The Kier molecular flexibility index (Phi) is 10.7. The van der Waals surface area contributed by atoms with Crippen molar-refractivity contribution < 1.29 is 39.9 Å². The molecule has 0 bridgehead atoms. The van der Waals surface area contributed by atoms with Crippen LogP contribution in [0.4, 0.5) is 35.1 Å². The number of hydrogen-bond donors (Lipinski definition) is 0. The van der Waals surface area contributed by atoms with Crippen LogP contribution in [0, 0.1) is 29.3 Å². The molecule has 0 aliphatic heterocycles. The molecule has 0 spiro atoms. The van der Waals surface area contributed by atoms with Gasteiger partial charge in [0.25, 0.3) is 0 Å². The van der Waals surface area contributed by atoms with Gasteiger partial charge in [-0.25, -0.2) is 13.2 Å². The second-order valence-corrected chi connectivity index (χ2v) is 13.0. The van der Waals surface area contributed by atoms with Crippen molar-refractivity contribution in [3.63, 3.8) is 0 Å². The van der Waals surface area contributed by atoms with E-state index in [-0.39, 0.29) is 18.8 Å². The topological polar surface area (TPSA) is 9.23 Å². The number of unbranched alkanes of at least 4 members (excludes halogenated alkanes) is 2. The number of alkyl halides is 5. The molecule has 0 N–H and O–H groups in total. The fourth-order valence-corrected chi connectivity index (χ4v) is 7.30. The Bertz CT molecular complexity index is 1430. The van der Waals surface area contributed by atoms with E-state index in [4.69, 9.17) is 4.74 Å². The fraction of sp³-hybridized carbons (Fsp3) is 0.514. The van der Waals surface area contributed by atoms with Crippen molar-refractivity contribution in [2.45, 2.75) is 108 Å². The summed E-state index contributed by atoms with van der Waals surface area (Å²) in [4.78, 5) is 0. The molecule has 0 atom stereocenters. The zero-order valence-corrected chi connectivity index (χ0v) is 25.9. The fourth-order valence-electron chi connectivity index (χ4n) is 7.30. The van der Waals surface area contributed by atoms with Crippen LogP contribution < -0.4 is 4.74 Å². The Morgan fingerprint density at radius 2 is 1.20 bits per heavy atom. The average molecular weight is 653 g/mol. The smallest absolute Gasteiger partial charge is 0.419 e. The van der Waals surface area contributed by atoms with Gasteiger partial charge in [-0.05, 0) is 97.9 Å². The zero-order valence-electron chi connectivity index (χ0n) is 25.9. The molecular weight excluding hydrogens is 612 g/mol. The third kappa shape index (κ3) is 8.06. The molecule has 0 unspecified atom stereocenters. The van der Waals surface area contributed by atoms with Crippen LogP contribution in [-0.4, -0.2) is 6.11 Å². The molecule has 9 heteroatoms. The lowest BCUT2D eigenvalue weighted by atomic mass is 9.75. The Labute approximate surface area is 265 Å². The van der Waals surface area contributed by atoms with Crippen molar-refractivity contribution in [3.05, 3.63) is 88.7 Å². The first-order valence-corrected chi connectivity index (χ1v) is 16.4. The number of hydrogen-bond acceptors (Lipinski definition) is 1. The lowest BCUT2D eigenvalue weighted by molar-refractivity contribution is -0.222. The molecule has 0 amide bonds. The maximum Gasteiger partial charge on any atom is 0.419 e. The van der Waals surface area contributed by atoms with Gasteiger partial charge >= 0.3 is 12.3 Å². The van der Waals surface area contributed by atoms with Crippen molar-refractivity contribution >= 4 is 0 Å². The van der Waals surface area contributed by atoms with Gasteiger partial charge in [0.1, 0.15) is 23.2 Å². The maximum absolute atomic E-state index is 15.2. The van der Waals surface area contributed by atoms with E-state index < -0.39 is 58.1 Å². The van der Waals surface area contributed by atoms with Gasteiger partial charge in [-0.2, -0.15) is 22.0 Å². The van der Waals surface area contributed by atoms with E-state index in [9.17, 15) is 26.3 Å². The molecule has 0 saturated heterocycles. The van der Waals surface area contributed by atoms with Crippen molar-refractivity contribution in [1.29, 1.82) is 0 Å². The predicted molar refractivity (Wildman–Crippen MR) is 162 cm³/mol. The highest BCUT2D eigenvalue weighted by atomic mass is 19.4. The second-order valence-electron chi connectivity index (χ2n) is 13.0. The van der Waals surface area contributed by atoms with Gasteiger partial charge in [0.15, 0.2) is 0 Å². The first-order valence-electron chi connectivity index (χ1n) is 16.4. The largest absolute Gasteiger partial charge is 0.432 e. The van der Waals surface area contributed by atoms with Gasteiger partial charge in [0, 0.05) is 12.1 Å². The molecular formula is C37H40F8O. The SMILES string of the molecule is CCCCCC1CCC(c2ccc(C3CCC(C(F)(F)Oc4cc(F)c(-c5ccc(C(F)(F)F)c(F)c5)c(F)c4)CC3)cc2)CC1. The maximum atomic E-state index is 15.2. The Hall–Kier alpha value is -3.10. The summed E-state index contributed by atoms with van der Waals surface area (Å²) in [6, 6.07) is 11.1. The molecule has 2 aliphatic rings. The molecule has 250 valence electrons. The van der Waals surface area contributed by atoms with Crippen molar-refractivity contribution in [1.82, 2.24) is 0 Å². The lowest BCUT2D eigenvalue weighted by Crippen LogP contribution is -2.37. The third-order valence-corrected chi connectivity index (χ3v) is 9.98. The average Bonchev–Trinajstić information content (AvgIpc) is 3.01. The van der Waals surface area contributed by atoms with E-state index in [0.29, 0.717) is 43.0 Å². The second kappa shape index (κ2) is 14.3. The monoisotopic (exact) mass is 652 g/mol. The highest BCUT2D eigenvalue weighted by Crippen LogP contribution is 2.45. The number of rotatable bonds is 10. The standard InChI is InChI=1S/C37H40F8O/c1-2-3-4-5-23-6-8-24(9-7-23)25-10-12-26(13-11-25)27-14-17-29(18-15-27)37(44,45)46-30-21-33(39)35(34(40)22-30)28-16-19-31(32(38)20-28)36(41,42)43/h10-13,16,19-24,27,29H,2-9,14-15,17-18H2,1H3. The summed E-state index contributed by atoms with van der Waals surface area (Å²) in [7, 11) is 0. The molecule has 3 aromatic rings. The number of ether oxygens (including phenoxy) is 1. The summed E-state index contributed by atoms with van der Waals surface area (Å²) < 4.78 is 117. The molecule has 2 fully saturated rings. The molecule has 0 radical (unpaired) electrons.